The summed E-state index contributed by atoms with van der Waals surface area (Å²) < 4.78 is 9.46. The number of methoxy groups -OCH3 is 1. The van der Waals surface area contributed by atoms with Gasteiger partial charge in [0.1, 0.15) is 0 Å². The summed E-state index contributed by atoms with van der Waals surface area (Å²) in [5.74, 6) is 0.617. The molecule has 1 aromatic carbocycles. The van der Waals surface area contributed by atoms with Crippen molar-refractivity contribution in [2.24, 2.45) is 0 Å². The van der Waals surface area contributed by atoms with E-state index >= 15 is 0 Å². The number of amides is 1. The van der Waals surface area contributed by atoms with Crippen molar-refractivity contribution in [1.29, 1.82) is 0 Å². The number of carbonyl (C=O) groups excluding carboxylic acids is 1. The summed E-state index contributed by atoms with van der Waals surface area (Å²) in [6, 6.07) is 7.23. The molecule has 0 saturated carbocycles. The summed E-state index contributed by atoms with van der Waals surface area (Å²) in [6.07, 6.45) is 2.01. The number of allylic oxidation sites excluding steroid dienone is 1. The van der Waals surface area contributed by atoms with Gasteiger partial charge < -0.3 is 0 Å². The van der Waals surface area contributed by atoms with Gasteiger partial charge in [0.2, 0.25) is 0 Å². The molecule has 0 atom stereocenters. The van der Waals surface area contributed by atoms with Crippen molar-refractivity contribution in [3.63, 3.8) is 0 Å². The van der Waals surface area contributed by atoms with Crippen LogP contribution in [0.1, 0.15) is 0 Å². The molecule has 1 heterocycles. The Bertz CT molecular complexity index is 529. The maximum absolute atomic E-state index is 12.0. The Kier molecular flexibility index (Phi) is 4.31. The van der Waals surface area contributed by atoms with E-state index in [0.717, 1.165) is 17.0 Å². The van der Waals surface area contributed by atoms with Crippen LogP contribution in [0.3, 0.4) is 0 Å². The molecule has 0 fully saturated rings. The first kappa shape index (κ1) is 13.0. The number of nitrogens with one attached hydrogen (secondary N) is 1. The number of hydrogen-bond acceptors (Lipinski definition) is 2. The summed E-state index contributed by atoms with van der Waals surface area (Å²) in [5, 5.41) is 2.82. The minimum atomic E-state index is -0.833. The molecule has 3 nitrogen and oxygen atoms in total. The van der Waals surface area contributed by atoms with Gasteiger partial charge in [-0.25, -0.2) is 0 Å². The Morgan fingerprint density at radius 3 is 2.61 bits per heavy atom. The van der Waals surface area contributed by atoms with E-state index in [-0.39, 0.29) is 5.91 Å². The second-order valence-electron chi connectivity index (χ2n) is 3.96. The normalized spacial score (nSPS) is 12.6. The van der Waals surface area contributed by atoms with Crippen LogP contribution in [0.5, 0.6) is 5.75 Å². The SMILES string of the molecule is C=C(C(=O)Nc1ccc(OC)cc1)C1=[CH][InH][CH]=C1. The zero-order chi connectivity index (χ0) is 13.0. The van der Waals surface area contributed by atoms with E-state index in [0.29, 0.717) is 5.57 Å². The molecule has 0 unspecified atom stereocenters. The maximum atomic E-state index is 12.0. The predicted molar refractivity (Wildman–Crippen MR) is 75.1 cm³/mol. The Morgan fingerprint density at radius 2 is 2.06 bits per heavy atom. The van der Waals surface area contributed by atoms with Crippen LogP contribution in [0, 0.1) is 0 Å². The molecule has 1 amide bonds. The van der Waals surface area contributed by atoms with Crippen LogP contribution in [0.15, 0.2) is 55.7 Å². The molecule has 0 saturated heterocycles. The molecular weight excluding hydrogens is 329 g/mol. The molecule has 1 aromatic rings. The van der Waals surface area contributed by atoms with Gasteiger partial charge in [0, 0.05) is 0 Å². The van der Waals surface area contributed by atoms with Crippen LogP contribution in [-0.2, 0) is 4.79 Å². The van der Waals surface area contributed by atoms with Crippen LogP contribution in [0.4, 0.5) is 5.69 Å². The summed E-state index contributed by atoms with van der Waals surface area (Å²) in [6.45, 7) is 3.84. The van der Waals surface area contributed by atoms with Gasteiger partial charge in [-0.2, -0.15) is 0 Å². The van der Waals surface area contributed by atoms with Crippen molar-refractivity contribution in [3.05, 3.63) is 55.7 Å². The molecule has 1 aliphatic rings. The molecule has 0 bridgehead atoms. The van der Waals surface area contributed by atoms with Gasteiger partial charge in [0.15, 0.2) is 0 Å². The van der Waals surface area contributed by atoms with Crippen molar-refractivity contribution in [2.45, 2.75) is 0 Å². The third-order valence-corrected chi connectivity index (χ3v) is 6.12. The van der Waals surface area contributed by atoms with Crippen molar-refractivity contribution in [1.82, 2.24) is 0 Å². The number of rotatable bonds is 4. The first-order valence-electron chi connectivity index (χ1n) is 5.72. The van der Waals surface area contributed by atoms with E-state index in [1.54, 1.807) is 7.11 Å². The van der Waals surface area contributed by atoms with Gasteiger partial charge in [0.05, 0.1) is 0 Å². The van der Waals surface area contributed by atoms with Crippen LogP contribution >= 0.6 is 0 Å². The molecule has 18 heavy (non-hydrogen) atoms. The average molecular weight is 343 g/mol. The quantitative estimate of drug-likeness (QED) is 0.850. The zero-order valence-corrected chi connectivity index (χ0v) is 14.3. The first-order valence-corrected chi connectivity index (χ1v) is 10.4. The van der Waals surface area contributed by atoms with Gasteiger partial charge >= 0.3 is 118 Å². The van der Waals surface area contributed by atoms with Gasteiger partial charge in [-0.15, -0.1) is 0 Å². The monoisotopic (exact) mass is 343 g/mol. The molecule has 2 rings (SSSR count). The second-order valence-corrected chi connectivity index (χ2v) is 7.81. The van der Waals surface area contributed by atoms with Crippen molar-refractivity contribution in [3.8, 4) is 5.75 Å². The fourth-order valence-corrected chi connectivity index (χ4v) is 5.01. The van der Waals surface area contributed by atoms with E-state index < -0.39 is 22.9 Å². The van der Waals surface area contributed by atoms with Crippen LogP contribution in [0.25, 0.3) is 0 Å². The molecule has 0 spiro atoms. The number of benzene rings is 1. The summed E-state index contributed by atoms with van der Waals surface area (Å²) in [5.41, 5.74) is 2.26. The van der Waals surface area contributed by atoms with Crippen LogP contribution in [0.2, 0.25) is 0 Å². The molecule has 0 aromatic heterocycles. The first-order chi connectivity index (χ1) is 8.70. The summed E-state index contributed by atoms with van der Waals surface area (Å²) >= 11 is -0.833. The Balaban J connectivity index is 2.02. The Labute approximate surface area is 118 Å². The standard InChI is InChI=1S/C14H13NO2.In.H/c1-5-10(2)11(3)14(16)15-12-6-8-13(17-4)9-7-12;;/h1-2,5-9H,3H2,4H3,(H,15,16);;. The number of carbonyl (C=O) groups is 1. The van der Waals surface area contributed by atoms with E-state index in [1.165, 1.54) is 0 Å². The predicted octanol–water partition coefficient (Wildman–Crippen LogP) is 2.04. The third kappa shape index (κ3) is 3.07. The van der Waals surface area contributed by atoms with Gasteiger partial charge in [-0.1, -0.05) is 0 Å². The molecule has 90 valence electrons. The molecular formula is C14H14InNO2. The Morgan fingerprint density at radius 1 is 1.33 bits per heavy atom. The number of ether oxygens (including phenoxy) is 1. The summed E-state index contributed by atoms with van der Waals surface area (Å²) in [4.78, 5) is 12.0. The average Bonchev–Trinajstić information content (AvgIpc) is 2.92. The minimum absolute atomic E-state index is 0.149. The molecule has 1 aliphatic heterocycles. The molecule has 1 N–H and O–H groups in total. The van der Waals surface area contributed by atoms with Crippen molar-refractivity contribution in [2.75, 3.05) is 12.4 Å². The summed E-state index contributed by atoms with van der Waals surface area (Å²) in [7, 11) is 1.61. The van der Waals surface area contributed by atoms with E-state index in [9.17, 15) is 4.79 Å². The topological polar surface area (TPSA) is 38.3 Å². The Hall–Kier alpha value is -1.42. The van der Waals surface area contributed by atoms with Crippen LogP contribution in [-0.4, -0.2) is 35.9 Å². The van der Waals surface area contributed by atoms with E-state index in [1.807, 2.05) is 30.3 Å². The molecule has 0 aliphatic carbocycles. The van der Waals surface area contributed by atoms with Gasteiger partial charge in [0.25, 0.3) is 0 Å². The number of anilines is 1. The van der Waals surface area contributed by atoms with Crippen LogP contribution < -0.4 is 10.1 Å². The fraction of sp³-hybridized carbons (Fsp3) is 0.0714. The van der Waals surface area contributed by atoms with E-state index in [4.69, 9.17) is 4.74 Å². The van der Waals surface area contributed by atoms with Crippen molar-refractivity contribution >= 4 is 34.5 Å². The fourth-order valence-electron chi connectivity index (χ4n) is 1.69. The van der Waals surface area contributed by atoms with Gasteiger partial charge in [-0.05, 0) is 0 Å². The zero-order valence-electron chi connectivity index (χ0n) is 10.3. The number of hydrogen-bond donors (Lipinski definition) is 1. The second kappa shape index (κ2) is 5.96. The van der Waals surface area contributed by atoms with Gasteiger partial charge in [-0.3, -0.25) is 0 Å². The third-order valence-electron chi connectivity index (χ3n) is 2.74. The molecule has 4 heteroatoms. The molecule has 0 radical (unpaired) electrons. The van der Waals surface area contributed by atoms with Crippen molar-refractivity contribution < 1.29 is 9.53 Å². The van der Waals surface area contributed by atoms with E-state index in [2.05, 4.69) is 19.6 Å².